The monoisotopic (exact) mass is 340 g/mol. The molecule has 3 rings (SSSR count). The molecular weight excluding hydrogens is 312 g/mol. The minimum Gasteiger partial charge on any atom is -0.478 e. The van der Waals surface area contributed by atoms with Crippen LogP contribution >= 0.6 is 0 Å². The Hall–Kier alpha value is -2.10. The van der Waals surface area contributed by atoms with Crippen LogP contribution in [0.3, 0.4) is 0 Å². The molecule has 0 radical (unpaired) electrons. The van der Waals surface area contributed by atoms with E-state index in [1.54, 1.807) is 18.3 Å². The number of H-pyrrole nitrogens is 1. The van der Waals surface area contributed by atoms with E-state index in [9.17, 15) is 9.90 Å². The molecule has 2 aromatic rings. The topological polar surface area (TPSA) is 66.0 Å². The third-order valence-electron chi connectivity index (χ3n) is 5.39. The van der Waals surface area contributed by atoms with Gasteiger partial charge in [0.15, 0.2) is 0 Å². The van der Waals surface area contributed by atoms with E-state index in [0.717, 1.165) is 11.5 Å². The lowest BCUT2D eigenvalue weighted by Crippen LogP contribution is -2.28. The Morgan fingerprint density at radius 1 is 1.20 bits per heavy atom. The predicted octanol–water partition coefficient (Wildman–Crippen LogP) is 5.48. The second-order valence-corrected chi connectivity index (χ2v) is 8.27. The van der Waals surface area contributed by atoms with Crippen molar-refractivity contribution in [1.82, 2.24) is 9.97 Å². The summed E-state index contributed by atoms with van der Waals surface area (Å²) in [4.78, 5) is 19.6. The van der Waals surface area contributed by atoms with Crippen LogP contribution in [0.4, 0.5) is 0 Å². The summed E-state index contributed by atoms with van der Waals surface area (Å²) < 4.78 is 0. The fourth-order valence-electron chi connectivity index (χ4n) is 4.34. The highest BCUT2D eigenvalue weighted by Gasteiger charge is 2.36. The van der Waals surface area contributed by atoms with Gasteiger partial charge in [-0.1, -0.05) is 58.2 Å². The van der Waals surface area contributed by atoms with Crippen LogP contribution < -0.4 is 0 Å². The number of aromatic amines is 1. The van der Waals surface area contributed by atoms with Gasteiger partial charge in [0.1, 0.15) is 5.82 Å². The van der Waals surface area contributed by atoms with Crippen molar-refractivity contribution in [1.29, 1.82) is 0 Å². The largest absolute Gasteiger partial charge is 0.478 e. The van der Waals surface area contributed by atoms with Gasteiger partial charge in [0, 0.05) is 11.5 Å². The van der Waals surface area contributed by atoms with Crippen LogP contribution in [-0.4, -0.2) is 21.0 Å². The Balaban J connectivity index is 1.97. The standard InChI is InChI=1S/C21H28N2O2/c1-21(2,3)18(14-9-5-4-6-10-14)19-22-13-17(23-19)15-11-7-8-12-16(15)20(24)25/h7-8,11-14,18H,4-6,9-10H2,1-3H3,(H,22,23)(H,24,25). The first kappa shape index (κ1) is 17.7. The molecule has 1 aliphatic carbocycles. The molecule has 1 aromatic carbocycles. The van der Waals surface area contributed by atoms with E-state index >= 15 is 0 Å². The first-order chi connectivity index (χ1) is 11.9. The van der Waals surface area contributed by atoms with E-state index in [1.807, 2.05) is 12.1 Å². The van der Waals surface area contributed by atoms with Crippen LogP contribution in [0.25, 0.3) is 11.3 Å². The molecule has 0 aliphatic heterocycles. The number of benzene rings is 1. The second kappa shape index (κ2) is 7.03. The Kier molecular flexibility index (Phi) is 4.98. The van der Waals surface area contributed by atoms with Gasteiger partial charge in [0.25, 0.3) is 0 Å². The molecule has 0 bridgehead atoms. The number of aromatic nitrogens is 2. The summed E-state index contributed by atoms with van der Waals surface area (Å²) in [6.45, 7) is 6.83. The number of carbonyl (C=O) groups is 1. The van der Waals surface area contributed by atoms with Crippen molar-refractivity contribution in [3.63, 3.8) is 0 Å². The van der Waals surface area contributed by atoms with Crippen LogP contribution in [0.15, 0.2) is 30.5 Å². The fraction of sp³-hybridized carbons (Fsp3) is 0.524. The summed E-state index contributed by atoms with van der Waals surface area (Å²) >= 11 is 0. The van der Waals surface area contributed by atoms with Crippen molar-refractivity contribution < 1.29 is 9.90 Å². The maximum atomic E-state index is 11.5. The molecule has 1 heterocycles. The maximum absolute atomic E-state index is 11.5. The zero-order chi connectivity index (χ0) is 18.0. The van der Waals surface area contributed by atoms with Gasteiger partial charge in [0.2, 0.25) is 0 Å². The average Bonchev–Trinajstić information content (AvgIpc) is 3.04. The van der Waals surface area contributed by atoms with Crippen LogP contribution in [0.1, 0.15) is 75.0 Å². The highest BCUT2D eigenvalue weighted by Crippen LogP contribution is 2.45. The Labute approximate surface area is 149 Å². The number of aromatic carboxylic acids is 1. The van der Waals surface area contributed by atoms with Crippen molar-refractivity contribution in [2.24, 2.45) is 11.3 Å². The molecule has 1 aliphatic rings. The van der Waals surface area contributed by atoms with Crippen LogP contribution in [0, 0.1) is 11.3 Å². The Bertz CT molecular complexity index is 736. The lowest BCUT2D eigenvalue weighted by atomic mass is 9.68. The van der Waals surface area contributed by atoms with Crippen LogP contribution in [0.5, 0.6) is 0 Å². The quantitative estimate of drug-likeness (QED) is 0.774. The van der Waals surface area contributed by atoms with E-state index in [4.69, 9.17) is 0 Å². The lowest BCUT2D eigenvalue weighted by molar-refractivity contribution is 0.0697. The van der Waals surface area contributed by atoms with Gasteiger partial charge in [-0.05, 0) is 30.2 Å². The third kappa shape index (κ3) is 3.78. The molecule has 1 saturated carbocycles. The highest BCUT2D eigenvalue weighted by atomic mass is 16.4. The Morgan fingerprint density at radius 3 is 2.52 bits per heavy atom. The summed E-state index contributed by atoms with van der Waals surface area (Å²) in [6.07, 6.45) is 8.23. The normalized spacial score (nSPS) is 17.4. The average molecular weight is 340 g/mol. The van der Waals surface area contributed by atoms with Gasteiger partial charge in [-0.25, -0.2) is 9.78 Å². The van der Waals surface area contributed by atoms with E-state index < -0.39 is 5.97 Å². The zero-order valence-electron chi connectivity index (χ0n) is 15.4. The zero-order valence-corrected chi connectivity index (χ0v) is 15.4. The molecular formula is C21H28N2O2. The molecule has 0 amide bonds. The van der Waals surface area contributed by atoms with E-state index in [-0.39, 0.29) is 5.41 Å². The molecule has 1 aromatic heterocycles. The third-order valence-corrected chi connectivity index (χ3v) is 5.39. The number of nitrogens with one attached hydrogen (secondary N) is 1. The minimum atomic E-state index is -0.911. The molecule has 134 valence electrons. The number of hydrogen-bond acceptors (Lipinski definition) is 2. The fourth-order valence-corrected chi connectivity index (χ4v) is 4.34. The molecule has 0 spiro atoms. The molecule has 0 saturated heterocycles. The molecule has 1 atom stereocenters. The highest BCUT2D eigenvalue weighted by molar-refractivity contribution is 5.95. The van der Waals surface area contributed by atoms with Crippen LogP contribution in [-0.2, 0) is 0 Å². The van der Waals surface area contributed by atoms with Gasteiger partial charge in [-0.2, -0.15) is 0 Å². The smallest absolute Gasteiger partial charge is 0.336 e. The number of carboxylic acids is 1. The number of hydrogen-bond donors (Lipinski definition) is 2. The summed E-state index contributed by atoms with van der Waals surface area (Å²) in [5.74, 6) is 1.09. The summed E-state index contributed by atoms with van der Waals surface area (Å²) in [7, 11) is 0. The minimum absolute atomic E-state index is 0.115. The van der Waals surface area contributed by atoms with Gasteiger partial charge >= 0.3 is 5.97 Å². The van der Waals surface area contributed by atoms with Gasteiger partial charge in [-0.3, -0.25) is 0 Å². The van der Waals surface area contributed by atoms with Crippen molar-refractivity contribution in [3.8, 4) is 11.3 Å². The lowest BCUT2D eigenvalue weighted by Gasteiger charge is -2.38. The van der Waals surface area contributed by atoms with E-state index in [2.05, 4.69) is 30.7 Å². The summed E-state index contributed by atoms with van der Waals surface area (Å²) in [5.41, 5.74) is 1.91. The molecule has 25 heavy (non-hydrogen) atoms. The van der Waals surface area contributed by atoms with E-state index in [0.29, 0.717) is 23.0 Å². The summed E-state index contributed by atoms with van der Waals surface area (Å²) in [6, 6.07) is 7.10. The maximum Gasteiger partial charge on any atom is 0.336 e. The SMILES string of the molecule is CC(C)(C)C(c1ncc(-c2ccccc2C(=O)O)[nH]1)C1CCCCC1. The van der Waals surface area contributed by atoms with Crippen molar-refractivity contribution in [2.45, 2.75) is 58.8 Å². The van der Waals surface area contributed by atoms with Crippen molar-refractivity contribution in [3.05, 3.63) is 41.9 Å². The first-order valence-electron chi connectivity index (χ1n) is 9.25. The predicted molar refractivity (Wildman–Crippen MR) is 99.8 cm³/mol. The molecule has 4 nitrogen and oxygen atoms in total. The summed E-state index contributed by atoms with van der Waals surface area (Å²) in [5, 5.41) is 9.44. The van der Waals surface area contributed by atoms with E-state index in [1.165, 1.54) is 32.1 Å². The molecule has 2 N–H and O–H groups in total. The van der Waals surface area contributed by atoms with Gasteiger partial charge in [0.05, 0.1) is 17.5 Å². The number of imidazole rings is 1. The molecule has 1 unspecified atom stereocenters. The van der Waals surface area contributed by atoms with Crippen molar-refractivity contribution >= 4 is 5.97 Å². The number of carboxylic acid groups (broad SMARTS) is 1. The second-order valence-electron chi connectivity index (χ2n) is 8.27. The Morgan fingerprint density at radius 2 is 1.88 bits per heavy atom. The van der Waals surface area contributed by atoms with Gasteiger partial charge < -0.3 is 10.1 Å². The van der Waals surface area contributed by atoms with Gasteiger partial charge in [-0.15, -0.1) is 0 Å². The molecule has 1 fully saturated rings. The molecule has 4 heteroatoms. The number of nitrogens with zero attached hydrogens (tertiary/aromatic N) is 1. The first-order valence-corrected chi connectivity index (χ1v) is 9.25. The number of rotatable bonds is 4. The van der Waals surface area contributed by atoms with Crippen molar-refractivity contribution in [2.75, 3.05) is 0 Å². The van der Waals surface area contributed by atoms with Crippen LogP contribution in [0.2, 0.25) is 0 Å².